The SMILES string of the molecule is C/C(=N\NC(=O)c1cccc(Cl)c1)c1ccc(C)s1. The number of rotatable bonds is 3. The highest BCUT2D eigenvalue weighted by atomic mass is 35.5. The summed E-state index contributed by atoms with van der Waals surface area (Å²) in [5.41, 5.74) is 3.81. The molecule has 1 N–H and O–H groups in total. The number of carbonyl (C=O) groups excluding carboxylic acids is 1. The van der Waals surface area contributed by atoms with Crippen LogP contribution in [0.3, 0.4) is 0 Å². The molecule has 0 radical (unpaired) electrons. The maximum Gasteiger partial charge on any atom is 0.271 e. The number of amides is 1. The van der Waals surface area contributed by atoms with Gasteiger partial charge in [0, 0.05) is 15.5 Å². The fourth-order valence-electron chi connectivity index (χ4n) is 1.51. The van der Waals surface area contributed by atoms with Crippen molar-refractivity contribution in [2.45, 2.75) is 13.8 Å². The number of thiophene rings is 1. The molecule has 1 aromatic heterocycles. The summed E-state index contributed by atoms with van der Waals surface area (Å²) in [4.78, 5) is 14.1. The summed E-state index contributed by atoms with van der Waals surface area (Å²) >= 11 is 7.48. The van der Waals surface area contributed by atoms with Crippen molar-refractivity contribution in [3.05, 3.63) is 56.7 Å². The molecule has 0 saturated carbocycles. The van der Waals surface area contributed by atoms with Crippen LogP contribution in [0.25, 0.3) is 0 Å². The predicted molar refractivity (Wildman–Crippen MR) is 80.2 cm³/mol. The van der Waals surface area contributed by atoms with Gasteiger partial charge < -0.3 is 0 Å². The number of carbonyl (C=O) groups is 1. The average Bonchev–Trinajstić information content (AvgIpc) is 2.82. The molecule has 0 saturated heterocycles. The predicted octanol–water partition coefficient (Wildman–Crippen LogP) is 3.86. The zero-order chi connectivity index (χ0) is 13.8. The highest BCUT2D eigenvalue weighted by Crippen LogP contribution is 2.15. The number of hydrogen-bond donors (Lipinski definition) is 1. The third-order valence-electron chi connectivity index (χ3n) is 2.51. The van der Waals surface area contributed by atoms with Crippen molar-refractivity contribution in [3.63, 3.8) is 0 Å². The quantitative estimate of drug-likeness (QED) is 0.677. The summed E-state index contributed by atoms with van der Waals surface area (Å²) in [6.45, 7) is 3.90. The van der Waals surface area contributed by atoms with Crippen molar-refractivity contribution < 1.29 is 4.79 Å². The number of halogens is 1. The van der Waals surface area contributed by atoms with E-state index in [-0.39, 0.29) is 5.91 Å². The number of benzene rings is 1. The number of aryl methyl sites for hydroxylation is 1. The second-order valence-corrected chi connectivity index (χ2v) is 5.78. The van der Waals surface area contributed by atoms with Gasteiger partial charge in [-0.25, -0.2) is 5.43 Å². The normalized spacial score (nSPS) is 11.4. The third-order valence-corrected chi connectivity index (χ3v) is 3.85. The fourth-order valence-corrected chi connectivity index (χ4v) is 2.52. The molecule has 0 fully saturated rings. The van der Waals surface area contributed by atoms with Crippen molar-refractivity contribution in [2.24, 2.45) is 5.10 Å². The number of hydrazone groups is 1. The van der Waals surface area contributed by atoms with E-state index in [0.29, 0.717) is 10.6 Å². The Morgan fingerprint density at radius 3 is 2.74 bits per heavy atom. The van der Waals surface area contributed by atoms with Crippen LogP contribution in [-0.2, 0) is 0 Å². The van der Waals surface area contributed by atoms with E-state index in [1.165, 1.54) is 4.88 Å². The Balaban J connectivity index is 2.07. The van der Waals surface area contributed by atoms with Gasteiger partial charge in [0.05, 0.1) is 10.6 Å². The second kappa shape index (κ2) is 5.99. The zero-order valence-electron chi connectivity index (χ0n) is 10.6. The first kappa shape index (κ1) is 13.8. The van der Waals surface area contributed by atoms with Gasteiger partial charge in [0.15, 0.2) is 0 Å². The summed E-state index contributed by atoms with van der Waals surface area (Å²) in [5.74, 6) is -0.268. The molecule has 2 aromatic rings. The summed E-state index contributed by atoms with van der Waals surface area (Å²) < 4.78 is 0. The van der Waals surface area contributed by atoms with Gasteiger partial charge in [-0.05, 0) is 44.2 Å². The van der Waals surface area contributed by atoms with Crippen molar-refractivity contribution >= 4 is 34.6 Å². The van der Waals surface area contributed by atoms with Crippen LogP contribution in [0.1, 0.15) is 27.0 Å². The highest BCUT2D eigenvalue weighted by Gasteiger charge is 2.06. The van der Waals surface area contributed by atoms with Crippen molar-refractivity contribution in [1.82, 2.24) is 5.43 Å². The molecule has 0 spiro atoms. The average molecular weight is 293 g/mol. The highest BCUT2D eigenvalue weighted by molar-refractivity contribution is 7.14. The molecular weight excluding hydrogens is 280 g/mol. The third kappa shape index (κ3) is 3.66. The summed E-state index contributed by atoms with van der Waals surface area (Å²) in [7, 11) is 0. The molecular formula is C14H13ClN2OS. The molecule has 5 heteroatoms. The molecule has 0 bridgehead atoms. The van der Waals surface area contributed by atoms with Crippen LogP contribution >= 0.6 is 22.9 Å². The molecule has 1 aromatic carbocycles. The van der Waals surface area contributed by atoms with Crippen molar-refractivity contribution in [3.8, 4) is 0 Å². The van der Waals surface area contributed by atoms with Gasteiger partial charge in [-0.2, -0.15) is 5.10 Å². The van der Waals surface area contributed by atoms with E-state index < -0.39 is 0 Å². The number of nitrogens with one attached hydrogen (secondary N) is 1. The molecule has 19 heavy (non-hydrogen) atoms. The lowest BCUT2D eigenvalue weighted by molar-refractivity contribution is 0.0955. The van der Waals surface area contributed by atoms with Crippen LogP contribution in [0, 0.1) is 6.92 Å². The molecule has 1 heterocycles. The monoisotopic (exact) mass is 292 g/mol. The Hall–Kier alpha value is -1.65. The number of hydrogen-bond acceptors (Lipinski definition) is 3. The lowest BCUT2D eigenvalue weighted by atomic mass is 10.2. The smallest absolute Gasteiger partial charge is 0.267 e. The van der Waals surface area contributed by atoms with E-state index >= 15 is 0 Å². The molecule has 0 aliphatic rings. The van der Waals surface area contributed by atoms with E-state index in [4.69, 9.17) is 11.6 Å². The summed E-state index contributed by atoms with van der Waals surface area (Å²) in [5, 5.41) is 4.63. The first-order valence-electron chi connectivity index (χ1n) is 5.73. The van der Waals surface area contributed by atoms with Gasteiger partial charge >= 0.3 is 0 Å². The molecule has 1 amide bonds. The Labute approximate surface area is 120 Å². The lowest BCUT2D eigenvalue weighted by Crippen LogP contribution is -2.19. The van der Waals surface area contributed by atoms with Gasteiger partial charge in [-0.1, -0.05) is 17.7 Å². The fraction of sp³-hybridized carbons (Fsp3) is 0.143. The molecule has 0 unspecified atom stereocenters. The molecule has 0 atom stereocenters. The zero-order valence-corrected chi connectivity index (χ0v) is 12.2. The van der Waals surface area contributed by atoms with Gasteiger partial charge in [0.2, 0.25) is 0 Å². The molecule has 3 nitrogen and oxygen atoms in total. The maximum atomic E-state index is 11.9. The van der Waals surface area contributed by atoms with Gasteiger partial charge in [0.1, 0.15) is 0 Å². The first-order chi connectivity index (χ1) is 9.06. The van der Waals surface area contributed by atoms with E-state index in [9.17, 15) is 4.79 Å². The van der Waals surface area contributed by atoms with Crippen molar-refractivity contribution in [1.29, 1.82) is 0 Å². The maximum absolute atomic E-state index is 11.9. The largest absolute Gasteiger partial charge is 0.271 e. The minimum Gasteiger partial charge on any atom is -0.267 e. The van der Waals surface area contributed by atoms with E-state index in [2.05, 4.69) is 10.5 Å². The van der Waals surface area contributed by atoms with E-state index in [1.54, 1.807) is 35.6 Å². The Kier molecular flexibility index (Phi) is 4.35. The Morgan fingerprint density at radius 1 is 1.32 bits per heavy atom. The molecule has 0 aliphatic heterocycles. The van der Waals surface area contributed by atoms with Crippen LogP contribution in [0.5, 0.6) is 0 Å². The first-order valence-corrected chi connectivity index (χ1v) is 6.93. The van der Waals surface area contributed by atoms with Gasteiger partial charge in [-0.3, -0.25) is 4.79 Å². The van der Waals surface area contributed by atoms with Crippen molar-refractivity contribution in [2.75, 3.05) is 0 Å². The van der Waals surface area contributed by atoms with Crippen LogP contribution in [-0.4, -0.2) is 11.6 Å². The lowest BCUT2D eigenvalue weighted by Gasteiger charge is -2.01. The molecule has 0 aliphatic carbocycles. The minimum absolute atomic E-state index is 0.268. The van der Waals surface area contributed by atoms with E-state index in [0.717, 1.165) is 10.6 Å². The topological polar surface area (TPSA) is 41.5 Å². The minimum atomic E-state index is -0.268. The van der Waals surface area contributed by atoms with Gasteiger partial charge in [0.25, 0.3) is 5.91 Å². The standard InChI is InChI=1S/C14H13ClN2OS/c1-9-6-7-13(19-9)10(2)16-17-14(18)11-4-3-5-12(15)8-11/h3-8H,1-2H3,(H,17,18)/b16-10+. The second-order valence-electron chi connectivity index (χ2n) is 4.06. The molecule has 98 valence electrons. The van der Waals surface area contributed by atoms with Crippen LogP contribution in [0.15, 0.2) is 41.5 Å². The van der Waals surface area contributed by atoms with Crippen LogP contribution < -0.4 is 5.43 Å². The number of nitrogens with zero attached hydrogens (tertiary/aromatic N) is 1. The Bertz CT molecular complexity index is 634. The van der Waals surface area contributed by atoms with Gasteiger partial charge in [-0.15, -0.1) is 11.3 Å². The van der Waals surface area contributed by atoms with E-state index in [1.807, 2.05) is 26.0 Å². The van der Waals surface area contributed by atoms with Crippen LogP contribution in [0.4, 0.5) is 0 Å². The Morgan fingerprint density at radius 2 is 2.11 bits per heavy atom. The summed E-state index contributed by atoms with van der Waals surface area (Å²) in [6, 6.07) is 10.8. The van der Waals surface area contributed by atoms with Crippen LogP contribution in [0.2, 0.25) is 5.02 Å². The molecule has 2 rings (SSSR count). The summed E-state index contributed by atoms with van der Waals surface area (Å²) in [6.07, 6.45) is 0.